The van der Waals surface area contributed by atoms with Crippen molar-refractivity contribution in [3.05, 3.63) is 0 Å². The highest BCUT2D eigenvalue weighted by molar-refractivity contribution is 5.78. The fourth-order valence-electron chi connectivity index (χ4n) is 3.94. The second-order valence-electron chi connectivity index (χ2n) is 7.22. The number of anilines is 3. The molecule has 0 saturated carbocycles. The van der Waals surface area contributed by atoms with Crippen LogP contribution < -0.4 is 24.8 Å². The lowest BCUT2D eigenvalue weighted by Gasteiger charge is -2.32. The van der Waals surface area contributed by atoms with Gasteiger partial charge >= 0.3 is 5.97 Å². The number of hydrogen-bond donors (Lipinski definition) is 1. The van der Waals surface area contributed by atoms with E-state index in [1.807, 2.05) is 0 Å². The molecule has 0 unspecified atom stereocenters. The molecule has 3 aliphatic rings. The van der Waals surface area contributed by atoms with Gasteiger partial charge in [-0.2, -0.15) is 9.97 Å². The first-order valence-corrected chi connectivity index (χ1v) is 9.78. The van der Waals surface area contributed by atoms with Crippen LogP contribution in [0.5, 0.6) is 5.75 Å². The third-order valence-corrected chi connectivity index (χ3v) is 5.27. The summed E-state index contributed by atoms with van der Waals surface area (Å²) in [5.74, 6) is 2.53. The lowest BCUT2D eigenvalue weighted by Crippen LogP contribution is -2.44. The number of nitrogens with one attached hydrogen (secondary N) is 1. The molecule has 142 valence electrons. The molecule has 0 aliphatic carbocycles. The Morgan fingerprint density at radius 1 is 0.846 bits per heavy atom. The largest absolute Gasteiger partial charge is 0.419 e. The van der Waals surface area contributed by atoms with Crippen molar-refractivity contribution < 1.29 is 9.53 Å². The van der Waals surface area contributed by atoms with Gasteiger partial charge in [-0.05, 0) is 25.7 Å². The van der Waals surface area contributed by atoms with E-state index in [9.17, 15) is 4.79 Å². The number of esters is 1. The summed E-state index contributed by atoms with van der Waals surface area (Å²) in [6.45, 7) is 8.85. The van der Waals surface area contributed by atoms with E-state index in [4.69, 9.17) is 14.7 Å². The maximum atomic E-state index is 11.8. The minimum Gasteiger partial charge on any atom is -0.419 e. The zero-order valence-corrected chi connectivity index (χ0v) is 15.5. The van der Waals surface area contributed by atoms with Crippen LogP contribution in [0.2, 0.25) is 0 Å². The van der Waals surface area contributed by atoms with Gasteiger partial charge in [-0.1, -0.05) is 0 Å². The van der Waals surface area contributed by atoms with Gasteiger partial charge in [0, 0.05) is 59.3 Å². The van der Waals surface area contributed by atoms with E-state index in [1.54, 1.807) is 0 Å². The molecule has 3 saturated heterocycles. The summed E-state index contributed by atoms with van der Waals surface area (Å²) < 4.78 is 5.67. The zero-order chi connectivity index (χ0) is 17.9. The third kappa shape index (κ3) is 3.56. The number of piperazine rings is 1. The number of rotatable bonds is 4. The molecule has 0 bridgehead atoms. The minimum absolute atomic E-state index is 0.320. The molecule has 0 atom stereocenters. The highest BCUT2D eigenvalue weighted by Gasteiger charge is 2.29. The normalized spacial score (nSPS) is 20.7. The molecule has 8 heteroatoms. The molecule has 0 amide bonds. The molecule has 0 spiro atoms. The van der Waals surface area contributed by atoms with Gasteiger partial charge in [0.05, 0.1) is 0 Å². The average molecular weight is 360 g/mol. The molecule has 3 aliphatic heterocycles. The topological polar surface area (TPSA) is 73.8 Å². The Labute approximate surface area is 154 Å². The lowest BCUT2D eigenvalue weighted by atomic mass is 10.3. The minimum atomic E-state index is -0.320. The molecular formula is C18H28N6O2. The van der Waals surface area contributed by atoms with E-state index < -0.39 is 0 Å². The van der Waals surface area contributed by atoms with Gasteiger partial charge in [0.1, 0.15) is 0 Å². The summed E-state index contributed by atoms with van der Waals surface area (Å²) in [5, 5.41) is 3.37. The second kappa shape index (κ2) is 7.65. The molecule has 1 aromatic rings. The Morgan fingerprint density at radius 3 is 1.88 bits per heavy atom. The SMILES string of the molecule is CC(=O)Oc1c(N2CCCC2)nc(N2CCCC2)nc1N1CCNCC1. The average Bonchev–Trinajstić information content (AvgIpc) is 3.36. The molecule has 1 N–H and O–H groups in total. The van der Waals surface area contributed by atoms with Gasteiger partial charge < -0.3 is 24.8 Å². The predicted octanol–water partition coefficient (Wildman–Crippen LogP) is 1.01. The van der Waals surface area contributed by atoms with E-state index in [-0.39, 0.29) is 5.97 Å². The predicted molar refractivity (Wildman–Crippen MR) is 101 cm³/mol. The number of carbonyl (C=O) groups is 1. The van der Waals surface area contributed by atoms with Crippen molar-refractivity contribution in [2.75, 3.05) is 67.1 Å². The maximum absolute atomic E-state index is 11.8. The van der Waals surface area contributed by atoms with Crippen molar-refractivity contribution in [2.45, 2.75) is 32.6 Å². The van der Waals surface area contributed by atoms with Crippen LogP contribution in [0.25, 0.3) is 0 Å². The number of ether oxygens (including phenoxy) is 1. The summed E-state index contributed by atoms with van der Waals surface area (Å²) in [6, 6.07) is 0. The molecule has 1 aromatic heterocycles. The van der Waals surface area contributed by atoms with Crippen LogP contribution >= 0.6 is 0 Å². The van der Waals surface area contributed by atoms with Crippen LogP contribution in [0.1, 0.15) is 32.6 Å². The molecular weight excluding hydrogens is 332 g/mol. The van der Waals surface area contributed by atoms with Crippen molar-refractivity contribution in [1.29, 1.82) is 0 Å². The lowest BCUT2D eigenvalue weighted by molar-refractivity contribution is -0.131. The monoisotopic (exact) mass is 360 g/mol. The molecule has 8 nitrogen and oxygen atoms in total. The molecule has 4 rings (SSSR count). The Morgan fingerprint density at radius 2 is 1.35 bits per heavy atom. The van der Waals surface area contributed by atoms with Gasteiger partial charge in [-0.25, -0.2) is 0 Å². The van der Waals surface area contributed by atoms with Gasteiger partial charge in [-0.3, -0.25) is 4.79 Å². The molecule has 3 fully saturated rings. The van der Waals surface area contributed by atoms with Crippen LogP contribution in [-0.4, -0.2) is 68.3 Å². The van der Waals surface area contributed by atoms with E-state index in [1.165, 1.54) is 19.8 Å². The van der Waals surface area contributed by atoms with E-state index >= 15 is 0 Å². The van der Waals surface area contributed by atoms with Crippen LogP contribution in [-0.2, 0) is 4.79 Å². The highest BCUT2D eigenvalue weighted by atomic mass is 16.5. The van der Waals surface area contributed by atoms with Gasteiger partial charge in [0.2, 0.25) is 11.7 Å². The fourth-order valence-corrected chi connectivity index (χ4v) is 3.94. The summed E-state index contributed by atoms with van der Waals surface area (Å²) in [5.41, 5.74) is 0. The first-order chi connectivity index (χ1) is 12.7. The van der Waals surface area contributed by atoms with Crippen LogP contribution in [0, 0.1) is 0 Å². The third-order valence-electron chi connectivity index (χ3n) is 5.27. The van der Waals surface area contributed by atoms with Crippen molar-refractivity contribution in [3.8, 4) is 5.75 Å². The molecule has 26 heavy (non-hydrogen) atoms. The number of carbonyl (C=O) groups excluding carboxylic acids is 1. The Balaban J connectivity index is 1.79. The first-order valence-electron chi connectivity index (χ1n) is 9.78. The number of nitrogens with zero attached hydrogens (tertiary/aromatic N) is 5. The van der Waals surface area contributed by atoms with E-state index in [0.29, 0.717) is 5.75 Å². The summed E-state index contributed by atoms with van der Waals surface area (Å²) in [4.78, 5) is 28.3. The van der Waals surface area contributed by atoms with E-state index in [0.717, 1.165) is 82.8 Å². The maximum Gasteiger partial charge on any atom is 0.308 e. The Kier molecular flexibility index (Phi) is 5.10. The zero-order valence-electron chi connectivity index (χ0n) is 15.5. The van der Waals surface area contributed by atoms with E-state index in [2.05, 4.69) is 20.0 Å². The summed E-state index contributed by atoms with van der Waals surface area (Å²) in [7, 11) is 0. The first kappa shape index (κ1) is 17.3. The van der Waals surface area contributed by atoms with Crippen LogP contribution in [0.15, 0.2) is 0 Å². The van der Waals surface area contributed by atoms with Crippen LogP contribution in [0.3, 0.4) is 0 Å². The fraction of sp³-hybridized carbons (Fsp3) is 0.722. The van der Waals surface area contributed by atoms with Gasteiger partial charge in [0.25, 0.3) is 0 Å². The molecule has 0 radical (unpaired) electrons. The second-order valence-corrected chi connectivity index (χ2v) is 7.22. The Hall–Kier alpha value is -2.09. The quantitative estimate of drug-likeness (QED) is 0.798. The van der Waals surface area contributed by atoms with Crippen molar-refractivity contribution in [2.24, 2.45) is 0 Å². The number of hydrogen-bond acceptors (Lipinski definition) is 8. The summed E-state index contributed by atoms with van der Waals surface area (Å²) in [6.07, 6.45) is 4.64. The van der Waals surface area contributed by atoms with Gasteiger partial charge in [0.15, 0.2) is 11.6 Å². The smallest absolute Gasteiger partial charge is 0.308 e. The van der Waals surface area contributed by atoms with Gasteiger partial charge in [-0.15, -0.1) is 0 Å². The highest BCUT2D eigenvalue weighted by Crippen LogP contribution is 2.39. The standard InChI is InChI=1S/C18H28N6O2/c1-14(25)26-15-16(22-8-2-3-9-22)20-18(24-10-4-5-11-24)21-17(15)23-12-6-19-7-13-23/h19H,2-13H2,1H3. The molecule has 4 heterocycles. The van der Waals surface area contributed by atoms with Crippen molar-refractivity contribution >= 4 is 23.6 Å². The Bertz CT molecular complexity index is 649. The van der Waals surface area contributed by atoms with Crippen molar-refractivity contribution in [1.82, 2.24) is 15.3 Å². The number of aromatic nitrogens is 2. The molecule has 0 aromatic carbocycles. The van der Waals surface area contributed by atoms with Crippen molar-refractivity contribution in [3.63, 3.8) is 0 Å². The van der Waals surface area contributed by atoms with Crippen LogP contribution in [0.4, 0.5) is 17.6 Å². The summed E-state index contributed by atoms with van der Waals surface area (Å²) >= 11 is 0.